The molecule has 0 aliphatic carbocycles. The monoisotopic (exact) mass is 363 g/mol. The largest absolute Gasteiger partial charge is 0.481 e. The van der Waals surface area contributed by atoms with Crippen LogP contribution >= 0.6 is 0 Å². The van der Waals surface area contributed by atoms with Gasteiger partial charge < -0.3 is 14.8 Å². The first-order valence-corrected chi connectivity index (χ1v) is 8.64. The number of nitrogens with one attached hydrogen (secondary N) is 1. The van der Waals surface area contributed by atoms with Gasteiger partial charge in [0.25, 0.3) is 5.91 Å². The van der Waals surface area contributed by atoms with E-state index in [1.807, 2.05) is 42.5 Å². The average molecular weight is 363 g/mol. The number of amides is 1. The van der Waals surface area contributed by atoms with Crippen molar-refractivity contribution in [3.05, 3.63) is 71.8 Å². The summed E-state index contributed by atoms with van der Waals surface area (Å²) in [4.78, 5) is 24.3. The normalized spacial score (nSPS) is 11.7. The number of ether oxygens (including phenoxy) is 2. The first-order valence-electron chi connectivity index (χ1n) is 8.64. The summed E-state index contributed by atoms with van der Waals surface area (Å²) in [5, 5.41) is 4.97. The van der Waals surface area contributed by atoms with Gasteiger partial charge in [-0.3, -0.25) is 4.79 Å². The van der Waals surface area contributed by atoms with Gasteiger partial charge in [0.05, 0.1) is 12.7 Å². The Morgan fingerprint density at radius 1 is 0.963 bits per heavy atom. The van der Waals surface area contributed by atoms with Crippen LogP contribution in [0.25, 0.3) is 10.8 Å². The highest BCUT2D eigenvalue weighted by Crippen LogP contribution is 2.23. The molecule has 3 aromatic carbocycles. The number of esters is 1. The van der Waals surface area contributed by atoms with Crippen LogP contribution in [0.5, 0.6) is 5.75 Å². The van der Waals surface area contributed by atoms with Crippen LogP contribution in [-0.2, 0) is 9.53 Å². The fourth-order valence-corrected chi connectivity index (χ4v) is 2.83. The lowest BCUT2D eigenvalue weighted by molar-refractivity contribution is -0.122. The van der Waals surface area contributed by atoms with Gasteiger partial charge in [0.1, 0.15) is 5.75 Å². The summed E-state index contributed by atoms with van der Waals surface area (Å²) in [6.45, 7) is 3.45. The highest BCUT2D eigenvalue weighted by atomic mass is 16.5. The number of methoxy groups -OCH3 is 1. The molecule has 0 bridgehead atoms. The predicted octanol–water partition coefficient (Wildman–Crippen LogP) is 4.34. The number of benzene rings is 3. The summed E-state index contributed by atoms with van der Waals surface area (Å²) < 4.78 is 10.6. The summed E-state index contributed by atoms with van der Waals surface area (Å²) in [6, 6.07) is 18.7. The van der Waals surface area contributed by atoms with E-state index < -0.39 is 12.1 Å². The van der Waals surface area contributed by atoms with Gasteiger partial charge in [0, 0.05) is 5.69 Å². The van der Waals surface area contributed by atoms with Crippen LogP contribution in [0.4, 0.5) is 5.69 Å². The molecule has 5 heteroatoms. The molecule has 0 spiro atoms. The van der Waals surface area contributed by atoms with Gasteiger partial charge in [-0.1, -0.05) is 36.4 Å². The predicted molar refractivity (Wildman–Crippen MR) is 105 cm³/mol. The van der Waals surface area contributed by atoms with Gasteiger partial charge in [-0.2, -0.15) is 0 Å². The van der Waals surface area contributed by atoms with Crippen molar-refractivity contribution in [1.82, 2.24) is 0 Å². The first kappa shape index (κ1) is 18.5. The Hall–Kier alpha value is -3.34. The molecule has 1 N–H and O–H groups in total. The minimum Gasteiger partial charge on any atom is -0.481 e. The van der Waals surface area contributed by atoms with Crippen molar-refractivity contribution in [2.75, 3.05) is 12.4 Å². The van der Waals surface area contributed by atoms with Gasteiger partial charge in [-0.05, 0) is 54.4 Å². The molecule has 0 heterocycles. The summed E-state index contributed by atoms with van der Waals surface area (Å²) in [7, 11) is 1.33. The molecule has 3 rings (SSSR count). The molecular weight excluding hydrogens is 342 g/mol. The SMILES string of the molecule is COC(=O)c1cccc(NC(=O)[C@@H](C)Oc2ccc3ccccc3c2)c1C. The van der Waals surface area contributed by atoms with Crippen molar-refractivity contribution >= 4 is 28.3 Å². The minimum absolute atomic E-state index is 0.298. The van der Waals surface area contributed by atoms with Crippen molar-refractivity contribution in [1.29, 1.82) is 0 Å². The van der Waals surface area contributed by atoms with Crippen molar-refractivity contribution in [3.63, 3.8) is 0 Å². The lowest BCUT2D eigenvalue weighted by Crippen LogP contribution is -2.30. The molecule has 27 heavy (non-hydrogen) atoms. The molecule has 0 radical (unpaired) electrons. The third kappa shape index (κ3) is 4.08. The fraction of sp³-hybridized carbons (Fsp3) is 0.182. The highest BCUT2D eigenvalue weighted by Gasteiger charge is 2.18. The molecule has 138 valence electrons. The molecule has 0 unspecified atom stereocenters. The molecule has 0 fully saturated rings. The topological polar surface area (TPSA) is 64.6 Å². The molecular formula is C22H21NO4. The van der Waals surface area contributed by atoms with Gasteiger partial charge in [-0.25, -0.2) is 4.79 Å². The second kappa shape index (κ2) is 7.91. The minimum atomic E-state index is -0.702. The number of carbonyl (C=O) groups excluding carboxylic acids is 2. The first-order chi connectivity index (χ1) is 13.0. The van der Waals surface area contributed by atoms with Gasteiger partial charge >= 0.3 is 5.97 Å². The molecule has 0 saturated carbocycles. The standard InChI is InChI=1S/C22H21NO4/c1-14-19(22(25)26-3)9-6-10-20(14)23-21(24)15(2)27-18-12-11-16-7-4-5-8-17(16)13-18/h4-13,15H,1-3H3,(H,23,24)/t15-/m1/s1. The number of carbonyl (C=O) groups is 2. The molecule has 0 saturated heterocycles. The zero-order valence-corrected chi connectivity index (χ0v) is 15.5. The Morgan fingerprint density at radius 3 is 2.44 bits per heavy atom. The number of rotatable bonds is 5. The van der Waals surface area contributed by atoms with Crippen molar-refractivity contribution < 1.29 is 19.1 Å². The second-order valence-electron chi connectivity index (χ2n) is 6.23. The smallest absolute Gasteiger partial charge is 0.338 e. The van der Waals surface area contributed by atoms with E-state index in [2.05, 4.69) is 5.32 Å². The highest BCUT2D eigenvalue weighted by molar-refractivity contribution is 5.98. The van der Waals surface area contributed by atoms with Crippen LogP contribution in [0.15, 0.2) is 60.7 Å². The lowest BCUT2D eigenvalue weighted by Gasteiger charge is -2.17. The van der Waals surface area contributed by atoms with Gasteiger partial charge in [0.2, 0.25) is 0 Å². The van der Waals surface area contributed by atoms with E-state index in [-0.39, 0.29) is 5.91 Å². The molecule has 0 aliphatic heterocycles. The second-order valence-corrected chi connectivity index (χ2v) is 6.23. The molecule has 1 atom stereocenters. The quantitative estimate of drug-likeness (QED) is 0.685. The van der Waals surface area contributed by atoms with Crippen molar-refractivity contribution in [3.8, 4) is 5.75 Å². The van der Waals surface area contributed by atoms with Crippen LogP contribution < -0.4 is 10.1 Å². The van der Waals surface area contributed by atoms with Crippen LogP contribution in [0.3, 0.4) is 0 Å². The Labute approximate surface area is 157 Å². The maximum Gasteiger partial charge on any atom is 0.338 e. The third-order valence-corrected chi connectivity index (χ3v) is 4.40. The van der Waals surface area contributed by atoms with Crippen LogP contribution in [0.2, 0.25) is 0 Å². The molecule has 0 aromatic heterocycles. The Balaban J connectivity index is 1.73. The van der Waals surface area contributed by atoms with Crippen LogP contribution in [-0.4, -0.2) is 25.1 Å². The Bertz CT molecular complexity index is 997. The summed E-state index contributed by atoms with van der Waals surface area (Å²) in [5.74, 6) is -0.117. The summed E-state index contributed by atoms with van der Waals surface area (Å²) in [5.41, 5.74) is 1.62. The zero-order valence-electron chi connectivity index (χ0n) is 15.5. The van der Waals surface area contributed by atoms with Gasteiger partial charge in [-0.15, -0.1) is 0 Å². The molecule has 5 nitrogen and oxygen atoms in total. The Morgan fingerprint density at radius 2 is 1.70 bits per heavy atom. The Kier molecular flexibility index (Phi) is 5.41. The lowest BCUT2D eigenvalue weighted by atomic mass is 10.1. The summed E-state index contributed by atoms with van der Waals surface area (Å²) >= 11 is 0. The van der Waals surface area contributed by atoms with Crippen molar-refractivity contribution in [2.45, 2.75) is 20.0 Å². The number of hydrogen-bond acceptors (Lipinski definition) is 4. The van der Waals surface area contributed by atoms with Gasteiger partial charge in [0.15, 0.2) is 6.10 Å². The maximum absolute atomic E-state index is 12.5. The van der Waals surface area contributed by atoms with E-state index in [0.717, 1.165) is 10.8 Å². The maximum atomic E-state index is 12.5. The third-order valence-electron chi connectivity index (χ3n) is 4.40. The van der Waals surface area contributed by atoms with E-state index >= 15 is 0 Å². The number of hydrogen-bond donors (Lipinski definition) is 1. The molecule has 3 aromatic rings. The van der Waals surface area contributed by atoms with E-state index in [0.29, 0.717) is 22.6 Å². The van der Waals surface area contributed by atoms with Crippen molar-refractivity contribution in [2.24, 2.45) is 0 Å². The fourth-order valence-electron chi connectivity index (χ4n) is 2.83. The summed E-state index contributed by atoms with van der Waals surface area (Å²) in [6.07, 6.45) is -0.702. The van der Waals surface area contributed by atoms with Crippen LogP contribution in [0.1, 0.15) is 22.8 Å². The van der Waals surface area contributed by atoms with Crippen LogP contribution in [0, 0.1) is 6.92 Å². The number of anilines is 1. The average Bonchev–Trinajstić information content (AvgIpc) is 2.68. The molecule has 1 amide bonds. The van der Waals surface area contributed by atoms with E-state index in [1.54, 1.807) is 32.0 Å². The van der Waals surface area contributed by atoms with E-state index in [9.17, 15) is 9.59 Å². The number of fused-ring (bicyclic) bond motifs is 1. The van der Waals surface area contributed by atoms with E-state index in [1.165, 1.54) is 7.11 Å². The zero-order chi connectivity index (χ0) is 19.4. The molecule has 0 aliphatic rings. The van der Waals surface area contributed by atoms with E-state index in [4.69, 9.17) is 9.47 Å².